The van der Waals surface area contributed by atoms with Crippen LogP contribution in [0.5, 0.6) is 0 Å². The number of piperazine rings is 1. The lowest BCUT2D eigenvalue weighted by molar-refractivity contribution is -0.143. The van der Waals surface area contributed by atoms with Crippen molar-refractivity contribution in [3.8, 4) is 0 Å². The van der Waals surface area contributed by atoms with Crippen molar-refractivity contribution < 1.29 is 43.7 Å². The third-order valence-electron chi connectivity index (χ3n) is 7.63. The summed E-state index contributed by atoms with van der Waals surface area (Å²) in [5.74, 6) is 0.125. The van der Waals surface area contributed by atoms with Crippen LogP contribution < -0.4 is 5.73 Å². The Kier molecular flexibility index (Phi) is 15.3. The van der Waals surface area contributed by atoms with Crippen molar-refractivity contribution in [3.05, 3.63) is 70.8 Å². The molecule has 2 unspecified atom stereocenters. The highest BCUT2D eigenvalue weighted by Crippen LogP contribution is 2.37. The number of hydrogen-bond acceptors (Lipinski definition) is 5. The summed E-state index contributed by atoms with van der Waals surface area (Å²) in [7, 11) is 0.297. The molecule has 2 N–H and O–H groups in total. The smallest absolute Gasteiger partial charge is 0.368 e. The van der Waals surface area contributed by atoms with Crippen molar-refractivity contribution in [2.45, 2.75) is 50.9 Å². The van der Waals surface area contributed by atoms with E-state index >= 15 is 0 Å². The molecule has 0 spiro atoms. The van der Waals surface area contributed by atoms with Gasteiger partial charge in [-0.15, -0.1) is 0 Å². The van der Waals surface area contributed by atoms with E-state index in [0.717, 1.165) is 6.08 Å². The predicted molar refractivity (Wildman–Crippen MR) is 167 cm³/mol. The molecule has 1 aliphatic heterocycles. The number of rotatable bonds is 14. The van der Waals surface area contributed by atoms with Crippen LogP contribution in [0.2, 0.25) is 0 Å². The maximum Gasteiger partial charge on any atom is 0.416 e. The Labute approximate surface area is 276 Å². The molecule has 1 heterocycles. The number of guanidine groups is 1. The number of alkyl halides is 9. The fourth-order valence-corrected chi connectivity index (χ4v) is 5.69. The number of nitrogens with two attached hydrogens (primary N) is 1. The van der Waals surface area contributed by atoms with E-state index in [0.29, 0.717) is 68.7 Å². The minimum atomic E-state index is -5.08. The van der Waals surface area contributed by atoms with Crippen LogP contribution in [0.25, 0.3) is 0 Å². The Bertz CT molecular complexity index is 1330. The largest absolute Gasteiger partial charge is 0.416 e. The average Bonchev–Trinajstić information content (AvgIpc) is 2.99. The van der Waals surface area contributed by atoms with Crippen molar-refractivity contribution in [1.82, 2.24) is 14.7 Å². The molecule has 0 saturated carbocycles. The third-order valence-corrected chi connectivity index (χ3v) is 8.39. The van der Waals surface area contributed by atoms with Crippen LogP contribution in [0, 0.1) is 0 Å². The summed E-state index contributed by atoms with van der Waals surface area (Å²) >= 11 is 0. The Balaban J connectivity index is 2.51. The Morgan fingerprint density at radius 3 is 2.06 bits per heavy atom. The van der Waals surface area contributed by atoms with Crippen LogP contribution in [0.3, 0.4) is 0 Å². The van der Waals surface area contributed by atoms with Gasteiger partial charge in [-0.2, -0.15) is 44.6 Å². The molecule has 8 nitrogen and oxygen atoms in total. The summed E-state index contributed by atoms with van der Waals surface area (Å²) in [6.07, 6.45) is -9.88. The molecule has 1 fully saturated rings. The molecule has 0 aliphatic carbocycles. The fourth-order valence-electron chi connectivity index (χ4n) is 5.17. The SMILES string of the molecule is C=C/C(=C\C=C(/CCN(Cc1cc(C(F)(F)F)cc(C(F)(F)F)c1)/C(N)=N/N=NC)C(CC)N1CCN(CCS(C)=O)CC1)C(F)(F)F. The van der Waals surface area contributed by atoms with Crippen molar-refractivity contribution in [3.63, 3.8) is 0 Å². The van der Waals surface area contributed by atoms with E-state index in [1.54, 1.807) is 6.26 Å². The van der Waals surface area contributed by atoms with E-state index < -0.39 is 52.6 Å². The minimum absolute atomic E-state index is 0.00879. The fraction of sp³-hybridized carbons (Fsp3) is 0.567. The molecule has 1 aromatic carbocycles. The topological polar surface area (TPSA) is 89.9 Å². The Hall–Kier alpha value is -3.25. The number of halogens is 9. The van der Waals surface area contributed by atoms with Gasteiger partial charge in [0, 0.05) is 74.7 Å². The second kappa shape index (κ2) is 17.9. The second-order valence-corrected chi connectivity index (χ2v) is 12.5. The van der Waals surface area contributed by atoms with E-state index in [2.05, 4.69) is 31.8 Å². The Morgan fingerprint density at radius 2 is 1.60 bits per heavy atom. The van der Waals surface area contributed by atoms with Crippen LogP contribution in [0.1, 0.15) is 36.5 Å². The number of nitrogens with zero attached hydrogens (tertiary/aromatic N) is 6. The standard InChI is InChI=1S/C30H40F9N7OS/c1-5-23(28(31,32)33)8-7-22(26(6-2)45-13-11-44(12-14-45)15-16-48(4)47)9-10-46(27(40)42-43-41-3)20-21-17-24(29(34,35)36)19-25(18-21)30(37,38)39/h5,7-8,17-19,26H,1,6,9-16,20H2,2-4H3,(H2,40,41,42)/b22-7+,23-8+. The summed E-state index contributed by atoms with van der Waals surface area (Å²) in [4.78, 5) is 5.42. The lowest BCUT2D eigenvalue weighted by Gasteiger charge is -2.40. The van der Waals surface area contributed by atoms with Gasteiger partial charge in [-0.3, -0.25) is 14.0 Å². The van der Waals surface area contributed by atoms with Crippen LogP contribution >= 0.6 is 0 Å². The van der Waals surface area contributed by atoms with Gasteiger partial charge >= 0.3 is 18.5 Å². The van der Waals surface area contributed by atoms with Gasteiger partial charge in [0.05, 0.1) is 23.7 Å². The van der Waals surface area contributed by atoms with E-state index in [4.69, 9.17) is 5.73 Å². The first-order valence-electron chi connectivity index (χ1n) is 14.8. The van der Waals surface area contributed by atoms with Crippen molar-refractivity contribution in [2.75, 3.05) is 58.3 Å². The number of allylic oxidation sites excluding steroid dienone is 4. The van der Waals surface area contributed by atoms with Gasteiger partial charge in [0.15, 0.2) is 0 Å². The molecule has 270 valence electrons. The molecule has 0 amide bonds. The third kappa shape index (κ3) is 13.0. The zero-order valence-electron chi connectivity index (χ0n) is 26.8. The summed E-state index contributed by atoms with van der Waals surface area (Å²) < 4.78 is 134. The van der Waals surface area contributed by atoms with Gasteiger partial charge in [-0.1, -0.05) is 42.4 Å². The van der Waals surface area contributed by atoms with E-state index in [1.807, 2.05) is 6.92 Å². The highest BCUT2D eigenvalue weighted by atomic mass is 32.2. The van der Waals surface area contributed by atoms with Crippen molar-refractivity contribution in [1.29, 1.82) is 0 Å². The summed E-state index contributed by atoms with van der Waals surface area (Å²) in [6, 6.07) is 0.773. The van der Waals surface area contributed by atoms with Gasteiger partial charge in [0.2, 0.25) is 5.96 Å². The van der Waals surface area contributed by atoms with Gasteiger partial charge < -0.3 is 10.6 Å². The van der Waals surface area contributed by atoms with Crippen molar-refractivity contribution in [2.24, 2.45) is 21.2 Å². The molecular weight excluding hydrogens is 677 g/mol. The normalized spacial score (nSPS) is 18.0. The molecule has 2 atom stereocenters. The van der Waals surface area contributed by atoms with E-state index in [9.17, 15) is 43.7 Å². The lowest BCUT2D eigenvalue weighted by Crippen LogP contribution is -2.51. The first-order valence-corrected chi connectivity index (χ1v) is 16.5. The first kappa shape index (κ1) is 40.9. The Morgan fingerprint density at radius 1 is 1.02 bits per heavy atom. The number of hydrogen-bond donors (Lipinski definition) is 1. The highest BCUT2D eigenvalue weighted by Gasteiger charge is 2.37. The van der Waals surface area contributed by atoms with Crippen LogP contribution in [0.4, 0.5) is 39.5 Å². The van der Waals surface area contributed by atoms with E-state index in [1.165, 1.54) is 18.0 Å². The van der Waals surface area contributed by atoms with Crippen LogP contribution in [0.15, 0.2) is 69.6 Å². The zero-order chi connectivity index (χ0) is 36.3. The summed E-state index contributed by atoms with van der Waals surface area (Å²) in [5, 5.41) is 10.5. The second-order valence-electron chi connectivity index (χ2n) is 11.0. The lowest BCUT2D eigenvalue weighted by atomic mass is 9.97. The van der Waals surface area contributed by atoms with Gasteiger partial charge in [-0.05, 0) is 41.8 Å². The molecule has 1 saturated heterocycles. The molecule has 48 heavy (non-hydrogen) atoms. The van der Waals surface area contributed by atoms with Gasteiger partial charge in [0.25, 0.3) is 0 Å². The molecular formula is C30H40F9N7OS. The van der Waals surface area contributed by atoms with Gasteiger partial charge in [-0.25, -0.2) is 0 Å². The minimum Gasteiger partial charge on any atom is -0.368 e. The van der Waals surface area contributed by atoms with Crippen molar-refractivity contribution >= 4 is 16.8 Å². The molecule has 0 aromatic heterocycles. The maximum atomic E-state index is 13.6. The quantitative estimate of drug-likeness (QED) is 0.0585. The number of benzene rings is 1. The summed E-state index contributed by atoms with van der Waals surface area (Å²) in [6.45, 7) is 7.37. The molecule has 0 radical (unpaired) electrons. The monoisotopic (exact) mass is 717 g/mol. The predicted octanol–water partition coefficient (Wildman–Crippen LogP) is 6.60. The van der Waals surface area contributed by atoms with E-state index in [-0.39, 0.29) is 36.6 Å². The molecule has 0 bridgehead atoms. The molecule has 18 heteroatoms. The average molecular weight is 718 g/mol. The molecule has 1 aliphatic rings. The molecule has 2 rings (SSSR count). The zero-order valence-corrected chi connectivity index (χ0v) is 27.6. The van der Waals surface area contributed by atoms with Crippen LogP contribution in [-0.2, 0) is 29.7 Å². The highest BCUT2D eigenvalue weighted by molar-refractivity contribution is 7.84. The molecule has 1 aromatic rings. The van der Waals surface area contributed by atoms with Gasteiger partial charge in [0.1, 0.15) is 0 Å². The van der Waals surface area contributed by atoms with Crippen LogP contribution in [-0.4, -0.2) is 95.4 Å². The summed E-state index contributed by atoms with van der Waals surface area (Å²) in [5.41, 5.74) is 2.16. The maximum absolute atomic E-state index is 13.6. The first-order chi connectivity index (χ1) is 22.3.